The molecular weight excluding hydrogens is 482 g/mol. The molecule has 0 atom stereocenters. The number of rotatable bonds is 4. The molecule has 1 fully saturated rings. The first-order valence-corrected chi connectivity index (χ1v) is 11.6. The summed E-state index contributed by atoms with van der Waals surface area (Å²) in [6.07, 6.45) is 5.88. The molecule has 0 saturated heterocycles. The second-order valence-electron chi connectivity index (χ2n) is 8.71. The minimum Gasteiger partial charge on any atom is -0.481 e. The van der Waals surface area contributed by atoms with Gasteiger partial charge in [-0.25, -0.2) is 0 Å². The predicted octanol–water partition coefficient (Wildman–Crippen LogP) is 5.14. The van der Waals surface area contributed by atoms with Gasteiger partial charge in [0.2, 0.25) is 0 Å². The molecule has 1 aromatic carbocycles. The van der Waals surface area contributed by atoms with Crippen LogP contribution >= 0.6 is 27.5 Å². The molecule has 2 N–H and O–H groups in total. The summed E-state index contributed by atoms with van der Waals surface area (Å²) in [6, 6.07) is 7.65. The van der Waals surface area contributed by atoms with Gasteiger partial charge in [-0.15, -0.1) is 0 Å². The number of nitrogens with zero attached hydrogens (tertiary/aromatic N) is 2. The van der Waals surface area contributed by atoms with E-state index in [0.29, 0.717) is 35.3 Å². The van der Waals surface area contributed by atoms with Crippen molar-refractivity contribution in [2.75, 3.05) is 11.9 Å². The number of pyridine rings is 1. The number of aromatic nitrogens is 1. The molecule has 0 unspecified atom stereocenters. The molecule has 8 heteroatoms. The number of hydrogen-bond acceptors (Lipinski definition) is 4. The normalized spacial score (nSPS) is 23.8. The molecule has 2 aromatic rings. The summed E-state index contributed by atoms with van der Waals surface area (Å²) < 4.78 is 0.719. The van der Waals surface area contributed by atoms with Crippen LogP contribution in [0.2, 0.25) is 5.02 Å². The monoisotopic (exact) mass is 505 g/mol. The number of hydrogen-bond donors (Lipinski definition) is 2. The molecule has 0 radical (unpaired) electrons. The Morgan fingerprint density at radius 2 is 2.03 bits per heavy atom. The van der Waals surface area contributed by atoms with E-state index in [0.717, 1.165) is 48.0 Å². The smallest absolute Gasteiger partial charge is 0.309 e. The SMILES string of the molecule is C[C@]1(C(=O)O)CC[C@H](N2CCc3cc(C(=O)Nc4cccc(Br)c4Cl)ncc3C2)CC1. The highest BCUT2D eigenvalue weighted by atomic mass is 79.9. The molecule has 2 heterocycles. The van der Waals surface area contributed by atoms with Gasteiger partial charge in [-0.2, -0.15) is 0 Å². The molecule has 1 aromatic heterocycles. The van der Waals surface area contributed by atoms with Crippen molar-refractivity contribution in [2.24, 2.45) is 5.41 Å². The highest BCUT2D eigenvalue weighted by Gasteiger charge is 2.39. The molecule has 0 spiro atoms. The fraction of sp³-hybridized carbons (Fsp3) is 0.435. The van der Waals surface area contributed by atoms with Crippen molar-refractivity contribution in [2.45, 2.75) is 51.6 Å². The van der Waals surface area contributed by atoms with E-state index in [2.05, 4.69) is 31.1 Å². The van der Waals surface area contributed by atoms with E-state index >= 15 is 0 Å². The Hall–Kier alpha value is -1.96. The van der Waals surface area contributed by atoms with Gasteiger partial charge in [0.05, 0.1) is 16.1 Å². The molecule has 1 aliphatic carbocycles. The van der Waals surface area contributed by atoms with Crippen molar-refractivity contribution >= 4 is 45.1 Å². The lowest BCUT2D eigenvalue weighted by Crippen LogP contribution is -2.44. The average molecular weight is 507 g/mol. The molecule has 1 aliphatic heterocycles. The Balaban J connectivity index is 1.41. The summed E-state index contributed by atoms with van der Waals surface area (Å²) in [6.45, 7) is 3.55. The fourth-order valence-corrected chi connectivity index (χ4v) is 5.04. The van der Waals surface area contributed by atoms with Crippen LogP contribution < -0.4 is 5.32 Å². The quantitative estimate of drug-likeness (QED) is 0.600. The maximum atomic E-state index is 12.7. The van der Waals surface area contributed by atoms with E-state index in [9.17, 15) is 14.7 Å². The third-order valence-corrected chi connectivity index (χ3v) is 7.94. The van der Waals surface area contributed by atoms with Gasteiger partial charge < -0.3 is 10.4 Å². The van der Waals surface area contributed by atoms with Crippen LogP contribution in [0.3, 0.4) is 0 Å². The first-order chi connectivity index (χ1) is 14.8. The van der Waals surface area contributed by atoms with Gasteiger partial charge in [-0.05, 0) is 84.3 Å². The number of benzene rings is 1. The predicted molar refractivity (Wildman–Crippen MR) is 123 cm³/mol. The number of halogens is 2. The Bertz CT molecular complexity index is 1020. The highest BCUT2D eigenvalue weighted by molar-refractivity contribution is 9.10. The topological polar surface area (TPSA) is 82.5 Å². The van der Waals surface area contributed by atoms with E-state index in [4.69, 9.17) is 11.6 Å². The van der Waals surface area contributed by atoms with E-state index in [-0.39, 0.29) is 5.91 Å². The lowest BCUT2D eigenvalue weighted by molar-refractivity contribution is -0.150. The molecule has 164 valence electrons. The number of carboxylic acid groups (broad SMARTS) is 1. The molecule has 2 aliphatic rings. The van der Waals surface area contributed by atoms with Crippen molar-refractivity contribution in [3.63, 3.8) is 0 Å². The van der Waals surface area contributed by atoms with Crippen LogP contribution in [0.25, 0.3) is 0 Å². The summed E-state index contributed by atoms with van der Waals surface area (Å²) in [5.74, 6) is -0.973. The molecule has 1 amide bonds. The second-order valence-corrected chi connectivity index (χ2v) is 9.94. The van der Waals surface area contributed by atoms with Crippen molar-refractivity contribution in [1.29, 1.82) is 0 Å². The van der Waals surface area contributed by atoms with Crippen molar-refractivity contribution in [1.82, 2.24) is 9.88 Å². The van der Waals surface area contributed by atoms with E-state index < -0.39 is 11.4 Å². The number of carbonyl (C=O) groups excluding carboxylic acids is 1. The van der Waals surface area contributed by atoms with Gasteiger partial charge in [-0.3, -0.25) is 19.5 Å². The van der Waals surface area contributed by atoms with Gasteiger partial charge in [-0.1, -0.05) is 17.7 Å². The van der Waals surface area contributed by atoms with Crippen LogP contribution in [0, 0.1) is 5.41 Å². The second kappa shape index (κ2) is 8.88. The minimum absolute atomic E-state index is 0.287. The molecule has 6 nitrogen and oxygen atoms in total. The summed E-state index contributed by atoms with van der Waals surface area (Å²) in [4.78, 5) is 31.0. The number of nitrogens with one attached hydrogen (secondary N) is 1. The zero-order valence-electron chi connectivity index (χ0n) is 17.3. The van der Waals surface area contributed by atoms with Crippen LogP contribution in [0.15, 0.2) is 34.9 Å². The van der Waals surface area contributed by atoms with Gasteiger partial charge in [0, 0.05) is 29.8 Å². The summed E-state index contributed by atoms with van der Waals surface area (Å²) in [5, 5.41) is 12.7. The number of carboxylic acids is 1. The zero-order valence-corrected chi connectivity index (χ0v) is 19.7. The third-order valence-electron chi connectivity index (χ3n) is 6.65. The van der Waals surface area contributed by atoms with Gasteiger partial charge >= 0.3 is 5.97 Å². The number of amides is 1. The lowest BCUT2D eigenvalue weighted by atomic mass is 9.73. The van der Waals surface area contributed by atoms with Crippen LogP contribution in [-0.4, -0.2) is 39.5 Å². The Morgan fingerprint density at radius 3 is 2.74 bits per heavy atom. The van der Waals surface area contributed by atoms with E-state index in [1.54, 1.807) is 12.3 Å². The maximum absolute atomic E-state index is 12.7. The fourth-order valence-electron chi connectivity index (χ4n) is 4.50. The van der Waals surface area contributed by atoms with Gasteiger partial charge in [0.15, 0.2) is 0 Å². The van der Waals surface area contributed by atoms with Crippen molar-refractivity contribution in [3.8, 4) is 0 Å². The largest absolute Gasteiger partial charge is 0.481 e. The van der Waals surface area contributed by atoms with Crippen LogP contribution in [0.1, 0.15) is 54.2 Å². The van der Waals surface area contributed by atoms with E-state index in [1.165, 1.54) is 0 Å². The number of fused-ring (bicyclic) bond motifs is 1. The minimum atomic E-state index is -0.686. The van der Waals surface area contributed by atoms with Crippen LogP contribution in [0.4, 0.5) is 5.69 Å². The zero-order chi connectivity index (χ0) is 22.2. The molecule has 4 rings (SSSR count). The highest BCUT2D eigenvalue weighted by Crippen LogP contribution is 2.39. The Kier molecular flexibility index (Phi) is 6.37. The number of aliphatic carboxylic acids is 1. The third kappa shape index (κ3) is 4.64. The summed E-state index contributed by atoms with van der Waals surface area (Å²) in [5.41, 5.74) is 2.60. The molecule has 1 saturated carbocycles. The molecule has 0 bridgehead atoms. The maximum Gasteiger partial charge on any atom is 0.309 e. The Labute approximate surface area is 195 Å². The van der Waals surface area contributed by atoms with Crippen molar-refractivity contribution in [3.05, 3.63) is 56.8 Å². The van der Waals surface area contributed by atoms with E-state index in [1.807, 2.05) is 25.1 Å². The van der Waals surface area contributed by atoms with Gasteiger partial charge in [0.1, 0.15) is 5.69 Å². The summed E-state index contributed by atoms with van der Waals surface area (Å²) >= 11 is 9.61. The first kappa shape index (κ1) is 22.2. The molecular formula is C23H25BrClN3O3. The standard InChI is InChI=1S/C23H25BrClN3O3/c1-23(22(30)31)8-5-16(6-9-23)28-10-7-14-11-19(26-12-15(14)13-28)21(29)27-18-4-2-3-17(24)20(18)25/h2-4,11-12,16H,5-10,13H2,1H3,(H,27,29)(H,30,31)/t16-,23-. The lowest BCUT2D eigenvalue weighted by Gasteiger charge is -2.41. The van der Waals surface area contributed by atoms with Crippen LogP contribution in [0.5, 0.6) is 0 Å². The summed E-state index contributed by atoms with van der Waals surface area (Å²) in [7, 11) is 0. The van der Waals surface area contributed by atoms with Crippen LogP contribution in [-0.2, 0) is 17.8 Å². The molecule has 31 heavy (non-hydrogen) atoms. The number of anilines is 1. The number of carbonyl (C=O) groups is 2. The average Bonchev–Trinajstić information content (AvgIpc) is 2.76. The first-order valence-electron chi connectivity index (χ1n) is 10.5. The van der Waals surface area contributed by atoms with Gasteiger partial charge in [0.25, 0.3) is 5.91 Å². The van der Waals surface area contributed by atoms with Crippen molar-refractivity contribution < 1.29 is 14.7 Å². The Morgan fingerprint density at radius 1 is 1.29 bits per heavy atom.